The highest BCUT2D eigenvalue weighted by molar-refractivity contribution is 5.92. The fourth-order valence-corrected chi connectivity index (χ4v) is 3.19. The van der Waals surface area contributed by atoms with Crippen LogP contribution in [0.1, 0.15) is 85.9 Å². The average Bonchev–Trinajstić information content (AvgIpc) is 2.62. The molecule has 0 fully saturated rings. The number of amides is 3. The van der Waals surface area contributed by atoms with E-state index in [0.29, 0.717) is 6.42 Å². The maximum Gasteiger partial charge on any atom is 0.408 e. The first-order valence-corrected chi connectivity index (χ1v) is 11.3. The van der Waals surface area contributed by atoms with Crippen LogP contribution in [-0.4, -0.2) is 46.0 Å². The normalized spacial score (nSPS) is 14.7. The van der Waals surface area contributed by atoms with E-state index in [1.165, 1.54) is 0 Å². The number of nitrogens with zero attached hydrogens (tertiary/aromatic N) is 1. The van der Waals surface area contributed by atoms with E-state index in [4.69, 9.17) is 4.74 Å². The second kappa shape index (κ2) is 10.8. The first-order chi connectivity index (χ1) is 14.6. The molecular formula is C25H41N3O4. The van der Waals surface area contributed by atoms with Gasteiger partial charge in [0, 0.05) is 11.6 Å². The molecule has 32 heavy (non-hydrogen) atoms. The molecule has 0 aromatic heterocycles. The van der Waals surface area contributed by atoms with Crippen LogP contribution in [0.15, 0.2) is 24.3 Å². The lowest BCUT2D eigenvalue weighted by Crippen LogP contribution is -2.56. The van der Waals surface area contributed by atoms with Crippen molar-refractivity contribution in [3.8, 4) is 0 Å². The quantitative estimate of drug-likeness (QED) is 0.645. The molecule has 0 radical (unpaired) electrons. The van der Waals surface area contributed by atoms with Gasteiger partial charge in [-0.15, -0.1) is 0 Å². The summed E-state index contributed by atoms with van der Waals surface area (Å²) in [5, 5.41) is 5.63. The molecule has 3 amide bonds. The number of nitrogens with one attached hydrogen (secondary N) is 2. The van der Waals surface area contributed by atoms with Crippen molar-refractivity contribution < 1.29 is 19.1 Å². The Balaban J connectivity index is 3.36. The number of rotatable bonds is 7. The topological polar surface area (TPSA) is 87.7 Å². The van der Waals surface area contributed by atoms with Gasteiger partial charge in [0.25, 0.3) is 0 Å². The summed E-state index contributed by atoms with van der Waals surface area (Å²) in [5.74, 6) is -0.612. The van der Waals surface area contributed by atoms with E-state index in [2.05, 4.69) is 10.6 Å². The molecule has 7 nitrogen and oxygen atoms in total. The molecule has 0 saturated carbocycles. The van der Waals surface area contributed by atoms with Crippen molar-refractivity contribution in [3.63, 3.8) is 0 Å². The molecule has 2 N–H and O–H groups in total. The lowest BCUT2D eigenvalue weighted by atomic mass is 9.98. The highest BCUT2D eigenvalue weighted by atomic mass is 16.6. The van der Waals surface area contributed by atoms with Crippen molar-refractivity contribution in [1.29, 1.82) is 0 Å². The summed E-state index contributed by atoms with van der Waals surface area (Å²) < 4.78 is 5.30. The Morgan fingerprint density at radius 1 is 1.00 bits per heavy atom. The molecule has 1 aromatic rings. The summed E-state index contributed by atoms with van der Waals surface area (Å²) in [6, 6.07) is 5.66. The van der Waals surface area contributed by atoms with Crippen LogP contribution in [0.4, 0.5) is 4.79 Å². The van der Waals surface area contributed by atoms with Gasteiger partial charge in [0.2, 0.25) is 11.8 Å². The van der Waals surface area contributed by atoms with Gasteiger partial charge in [0.1, 0.15) is 17.7 Å². The third-order valence-electron chi connectivity index (χ3n) is 4.84. The van der Waals surface area contributed by atoms with E-state index in [0.717, 1.165) is 11.1 Å². The minimum absolute atomic E-state index is 0.234. The number of hydrogen-bond acceptors (Lipinski definition) is 4. The zero-order valence-electron chi connectivity index (χ0n) is 21.3. The van der Waals surface area contributed by atoms with E-state index < -0.39 is 29.3 Å². The second-order valence-electron chi connectivity index (χ2n) is 10.4. The molecule has 1 rings (SSSR count). The molecule has 0 aliphatic heterocycles. The Kier molecular flexibility index (Phi) is 9.30. The van der Waals surface area contributed by atoms with Gasteiger partial charge in [-0.1, -0.05) is 36.8 Å². The number of carbonyl (C=O) groups excluding carboxylic acids is 3. The Bertz CT molecular complexity index is 791. The van der Waals surface area contributed by atoms with Gasteiger partial charge in [0.05, 0.1) is 0 Å². The van der Waals surface area contributed by atoms with Gasteiger partial charge in [-0.3, -0.25) is 9.59 Å². The monoisotopic (exact) mass is 447 g/mol. The minimum atomic E-state index is -0.866. The zero-order chi connectivity index (χ0) is 24.9. The van der Waals surface area contributed by atoms with Gasteiger partial charge < -0.3 is 20.3 Å². The Morgan fingerprint density at radius 2 is 1.53 bits per heavy atom. The summed E-state index contributed by atoms with van der Waals surface area (Å²) in [6.07, 6.45) is -0.0238. The number of carbonyl (C=O) groups is 3. The van der Waals surface area contributed by atoms with Gasteiger partial charge >= 0.3 is 6.09 Å². The number of alkyl carbamates (subject to hydrolysis) is 1. The maximum atomic E-state index is 13.6. The van der Waals surface area contributed by atoms with Crippen LogP contribution < -0.4 is 10.6 Å². The van der Waals surface area contributed by atoms with E-state index >= 15 is 0 Å². The van der Waals surface area contributed by atoms with Crippen LogP contribution in [0.25, 0.3) is 0 Å². The smallest absolute Gasteiger partial charge is 0.408 e. The van der Waals surface area contributed by atoms with Crippen LogP contribution in [0.5, 0.6) is 0 Å². The van der Waals surface area contributed by atoms with Crippen molar-refractivity contribution in [2.75, 3.05) is 0 Å². The summed E-state index contributed by atoms with van der Waals surface area (Å²) in [7, 11) is 0. The van der Waals surface area contributed by atoms with Crippen LogP contribution in [-0.2, 0) is 14.3 Å². The third kappa shape index (κ3) is 8.52. The van der Waals surface area contributed by atoms with Crippen LogP contribution in [0, 0.1) is 6.92 Å². The predicted molar refractivity (Wildman–Crippen MR) is 127 cm³/mol. The number of benzene rings is 1. The Morgan fingerprint density at radius 3 is 1.97 bits per heavy atom. The Labute approximate surface area is 193 Å². The fraction of sp³-hybridized carbons (Fsp3) is 0.640. The SMILES string of the molecule is CCC(C)N(C(=O)C(C)NC(=O)OC(C)(C)C)C(C(=O)NC(C)(C)C)c1ccc(C)cc1. The average molecular weight is 448 g/mol. The van der Waals surface area contributed by atoms with E-state index in [9.17, 15) is 14.4 Å². The van der Waals surface area contributed by atoms with Crippen LogP contribution in [0.3, 0.4) is 0 Å². The minimum Gasteiger partial charge on any atom is -0.444 e. The molecule has 3 atom stereocenters. The first-order valence-electron chi connectivity index (χ1n) is 11.3. The molecule has 0 saturated heterocycles. The second-order valence-corrected chi connectivity index (χ2v) is 10.4. The lowest BCUT2D eigenvalue weighted by molar-refractivity contribution is -0.145. The maximum absolute atomic E-state index is 13.6. The van der Waals surface area contributed by atoms with Gasteiger partial charge in [-0.05, 0) is 74.3 Å². The fourth-order valence-electron chi connectivity index (χ4n) is 3.19. The molecule has 7 heteroatoms. The summed E-state index contributed by atoms with van der Waals surface area (Å²) in [4.78, 5) is 40.8. The molecule has 180 valence electrons. The van der Waals surface area contributed by atoms with Crippen molar-refractivity contribution in [3.05, 3.63) is 35.4 Å². The van der Waals surface area contributed by atoms with Crippen LogP contribution >= 0.6 is 0 Å². The van der Waals surface area contributed by atoms with Gasteiger partial charge in [-0.2, -0.15) is 0 Å². The van der Waals surface area contributed by atoms with E-state index in [1.54, 1.807) is 32.6 Å². The Hall–Kier alpha value is -2.57. The van der Waals surface area contributed by atoms with Crippen molar-refractivity contribution in [2.45, 2.75) is 105 Å². The number of ether oxygens (including phenoxy) is 1. The van der Waals surface area contributed by atoms with Gasteiger partial charge in [0.15, 0.2) is 0 Å². The van der Waals surface area contributed by atoms with Crippen LogP contribution in [0.2, 0.25) is 0 Å². The van der Waals surface area contributed by atoms with Crippen molar-refractivity contribution >= 4 is 17.9 Å². The molecule has 0 aliphatic rings. The molecule has 3 unspecified atom stereocenters. The zero-order valence-corrected chi connectivity index (χ0v) is 21.3. The number of hydrogen-bond donors (Lipinski definition) is 2. The summed E-state index contributed by atoms with van der Waals surface area (Å²) >= 11 is 0. The molecule has 0 aliphatic carbocycles. The highest BCUT2D eigenvalue weighted by Crippen LogP contribution is 2.27. The molecule has 0 bridgehead atoms. The van der Waals surface area contributed by atoms with Crippen molar-refractivity contribution in [2.24, 2.45) is 0 Å². The molecular weight excluding hydrogens is 406 g/mol. The molecule has 1 aromatic carbocycles. The van der Waals surface area contributed by atoms with E-state index in [-0.39, 0.29) is 17.9 Å². The predicted octanol–water partition coefficient (Wildman–Crippen LogP) is 4.49. The third-order valence-corrected chi connectivity index (χ3v) is 4.84. The standard InChI is InChI=1S/C25H41N3O4/c1-11-17(3)28(22(30)18(4)26-23(31)32-25(8,9)10)20(21(29)27-24(5,6)7)19-14-12-16(2)13-15-19/h12-15,17-18,20H,11H2,1-10H3,(H,26,31)(H,27,29). The molecule has 0 spiro atoms. The summed E-state index contributed by atoms with van der Waals surface area (Å²) in [6.45, 7) is 18.4. The van der Waals surface area contributed by atoms with Crippen molar-refractivity contribution in [1.82, 2.24) is 15.5 Å². The first kappa shape index (κ1) is 27.5. The molecule has 0 heterocycles. The highest BCUT2D eigenvalue weighted by Gasteiger charge is 2.38. The largest absolute Gasteiger partial charge is 0.444 e. The lowest BCUT2D eigenvalue weighted by Gasteiger charge is -2.38. The number of aryl methyl sites for hydroxylation is 1. The van der Waals surface area contributed by atoms with Gasteiger partial charge in [-0.25, -0.2) is 4.79 Å². The summed E-state index contributed by atoms with van der Waals surface area (Å²) in [5.41, 5.74) is 0.630. The van der Waals surface area contributed by atoms with E-state index in [1.807, 2.05) is 65.8 Å².